The number of amides is 1. The summed E-state index contributed by atoms with van der Waals surface area (Å²) in [4.78, 5) is 11.4. The summed E-state index contributed by atoms with van der Waals surface area (Å²) in [6.45, 7) is 6.03. The lowest BCUT2D eigenvalue weighted by molar-refractivity contribution is 0.0524. The number of nitrogens with one attached hydrogen (secondary N) is 1. The standard InChI is InChI=1S/C11H22N2O2S/c1-11(2,3)15-10(14)13-7-8(12)9-5-4-6-16-9/h8-9H,4-7,12H2,1-3H3,(H,13,14). The lowest BCUT2D eigenvalue weighted by Gasteiger charge is -2.22. The van der Waals surface area contributed by atoms with E-state index in [2.05, 4.69) is 5.32 Å². The summed E-state index contributed by atoms with van der Waals surface area (Å²) in [5.74, 6) is 1.19. The Morgan fingerprint density at radius 3 is 2.81 bits per heavy atom. The van der Waals surface area contributed by atoms with Crippen molar-refractivity contribution < 1.29 is 9.53 Å². The molecule has 0 spiro atoms. The molecule has 0 aliphatic carbocycles. The quantitative estimate of drug-likeness (QED) is 0.796. The van der Waals surface area contributed by atoms with Crippen LogP contribution in [0.1, 0.15) is 33.6 Å². The molecule has 1 saturated heterocycles. The zero-order valence-electron chi connectivity index (χ0n) is 10.3. The zero-order chi connectivity index (χ0) is 12.2. The van der Waals surface area contributed by atoms with Gasteiger partial charge in [0.25, 0.3) is 0 Å². The van der Waals surface area contributed by atoms with Gasteiger partial charge in [-0.25, -0.2) is 4.79 Å². The number of hydrogen-bond donors (Lipinski definition) is 2. The molecule has 0 aromatic rings. The van der Waals surface area contributed by atoms with Crippen molar-refractivity contribution in [2.45, 2.75) is 50.5 Å². The van der Waals surface area contributed by atoms with Gasteiger partial charge in [-0.15, -0.1) is 0 Å². The van der Waals surface area contributed by atoms with Gasteiger partial charge in [-0.3, -0.25) is 0 Å². The second-order valence-corrected chi connectivity index (χ2v) is 6.45. The molecule has 4 nitrogen and oxygen atoms in total. The molecule has 94 valence electrons. The molecule has 0 saturated carbocycles. The fourth-order valence-corrected chi connectivity index (χ4v) is 2.90. The molecule has 5 heteroatoms. The van der Waals surface area contributed by atoms with E-state index in [4.69, 9.17) is 10.5 Å². The number of nitrogens with two attached hydrogens (primary N) is 1. The fraction of sp³-hybridized carbons (Fsp3) is 0.909. The highest BCUT2D eigenvalue weighted by atomic mass is 32.2. The summed E-state index contributed by atoms with van der Waals surface area (Å²) >= 11 is 1.90. The zero-order valence-corrected chi connectivity index (χ0v) is 11.1. The molecule has 0 aromatic heterocycles. The van der Waals surface area contributed by atoms with Crippen LogP contribution in [-0.2, 0) is 4.74 Å². The van der Waals surface area contributed by atoms with Crippen LogP contribution in [0.15, 0.2) is 0 Å². The van der Waals surface area contributed by atoms with Gasteiger partial charge in [0.1, 0.15) is 5.60 Å². The molecular weight excluding hydrogens is 224 g/mol. The number of alkyl carbamates (subject to hydrolysis) is 1. The van der Waals surface area contributed by atoms with Crippen molar-refractivity contribution in [2.75, 3.05) is 12.3 Å². The minimum absolute atomic E-state index is 0.0278. The van der Waals surface area contributed by atoms with Gasteiger partial charge >= 0.3 is 6.09 Å². The Bertz CT molecular complexity index is 235. The molecule has 1 rings (SSSR count). The van der Waals surface area contributed by atoms with E-state index < -0.39 is 5.60 Å². The molecule has 1 fully saturated rings. The lowest BCUT2D eigenvalue weighted by Crippen LogP contribution is -2.44. The van der Waals surface area contributed by atoms with Crippen molar-refractivity contribution in [3.05, 3.63) is 0 Å². The van der Waals surface area contributed by atoms with Crippen LogP contribution in [0.4, 0.5) is 4.79 Å². The molecule has 1 aliphatic heterocycles. The topological polar surface area (TPSA) is 64.3 Å². The van der Waals surface area contributed by atoms with Gasteiger partial charge in [-0.05, 0) is 39.4 Å². The third-order valence-electron chi connectivity index (χ3n) is 2.32. The molecule has 3 N–H and O–H groups in total. The Morgan fingerprint density at radius 1 is 1.62 bits per heavy atom. The van der Waals surface area contributed by atoms with E-state index >= 15 is 0 Å². The van der Waals surface area contributed by atoms with Crippen molar-refractivity contribution in [3.63, 3.8) is 0 Å². The normalized spacial score (nSPS) is 22.9. The molecular formula is C11H22N2O2S. The first-order chi connectivity index (χ1) is 7.38. The lowest BCUT2D eigenvalue weighted by atomic mass is 10.1. The first kappa shape index (κ1) is 13.6. The minimum atomic E-state index is -0.448. The van der Waals surface area contributed by atoms with Crippen LogP contribution in [0.2, 0.25) is 0 Å². The number of hydrogen-bond acceptors (Lipinski definition) is 4. The van der Waals surface area contributed by atoms with Crippen LogP contribution in [0.3, 0.4) is 0 Å². The maximum absolute atomic E-state index is 11.4. The van der Waals surface area contributed by atoms with Gasteiger partial charge in [0, 0.05) is 17.8 Å². The Labute approximate surface area is 102 Å². The molecule has 2 unspecified atom stereocenters. The maximum Gasteiger partial charge on any atom is 0.407 e. The average Bonchev–Trinajstić information content (AvgIpc) is 2.64. The Morgan fingerprint density at radius 2 is 2.31 bits per heavy atom. The highest BCUT2D eigenvalue weighted by Crippen LogP contribution is 2.27. The van der Waals surface area contributed by atoms with E-state index in [0.717, 1.165) is 6.42 Å². The summed E-state index contributed by atoms with van der Waals surface area (Å²) in [6.07, 6.45) is 2.00. The molecule has 1 amide bonds. The molecule has 16 heavy (non-hydrogen) atoms. The van der Waals surface area contributed by atoms with Crippen molar-refractivity contribution >= 4 is 17.9 Å². The number of carbonyl (C=O) groups excluding carboxylic acids is 1. The van der Waals surface area contributed by atoms with Gasteiger partial charge in [-0.1, -0.05) is 0 Å². The van der Waals surface area contributed by atoms with Gasteiger partial charge in [0.05, 0.1) is 0 Å². The van der Waals surface area contributed by atoms with Gasteiger partial charge in [0.15, 0.2) is 0 Å². The van der Waals surface area contributed by atoms with E-state index in [0.29, 0.717) is 11.8 Å². The molecule has 1 heterocycles. The van der Waals surface area contributed by atoms with Crippen LogP contribution < -0.4 is 11.1 Å². The van der Waals surface area contributed by atoms with Gasteiger partial charge in [-0.2, -0.15) is 11.8 Å². The van der Waals surface area contributed by atoms with Crippen LogP contribution in [0, 0.1) is 0 Å². The predicted molar refractivity (Wildman–Crippen MR) is 67.7 cm³/mol. The summed E-state index contributed by atoms with van der Waals surface area (Å²) in [5, 5.41) is 3.20. The Balaban J connectivity index is 2.20. The third-order valence-corrected chi connectivity index (χ3v) is 3.86. The fourth-order valence-electron chi connectivity index (χ4n) is 1.59. The predicted octanol–water partition coefficient (Wildman–Crippen LogP) is 1.73. The van der Waals surface area contributed by atoms with E-state index in [-0.39, 0.29) is 12.1 Å². The van der Waals surface area contributed by atoms with Gasteiger partial charge < -0.3 is 15.8 Å². The van der Waals surface area contributed by atoms with Crippen LogP contribution in [0.25, 0.3) is 0 Å². The maximum atomic E-state index is 11.4. The van der Waals surface area contributed by atoms with Gasteiger partial charge in [0.2, 0.25) is 0 Å². The average molecular weight is 246 g/mol. The SMILES string of the molecule is CC(C)(C)OC(=O)NCC(N)C1CCCS1. The Kier molecular flexibility index (Phi) is 4.92. The molecule has 0 aromatic carbocycles. The highest BCUT2D eigenvalue weighted by Gasteiger charge is 2.23. The highest BCUT2D eigenvalue weighted by molar-refractivity contribution is 8.00. The van der Waals surface area contributed by atoms with Crippen molar-refractivity contribution in [1.82, 2.24) is 5.32 Å². The van der Waals surface area contributed by atoms with Crippen molar-refractivity contribution in [1.29, 1.82) is 0 Å². The van der Waals surface area contributed by atoms with Crippen LogP contribution in [-0.4, -0.2) is 35.3 Å². The second-order valence-electron chi connectivity index (χ2n) is 5.10. The van der Waals surface area contributed by atoms with Crippen LogP contribution >= 0.6 is 11.8 Å². The summed E-state index contributed by atoms with van der Waals surface area (Å²) in [5.41, 5.74) is 5.55. The second kappa shape index (κ2) is 5.77. The summed E-state index contributed by atoms with van der Waals surface area (Å²) in [6, 6.07) is 0.0278. The summed E-state index contributed by atoms with van der Waals surface area (Å²) in [7, 11) is 0. The number of rotatable bonds is 3. The van der Waals surface area contributed by atoms with Crippen LogP contribution in [0.5, 0.6) is 0 Å². The third kappa shape index (κ3) is 5.07. The molecule has 0 bridgehead atoms. The largest absolute Gasteiger partial charge is 0.444 e. The van der Waals surface area contributed by atoms with Crippen molar-refractivity contribution in [2.24, 2.45) is 5.73 Å². The van der Waals surface area contributed by atoms with E-state index in [1.165, 1.54) is 12.2 Å². The first-order valence-electron chi connectivity index (χ1n) is 5.72. The first-order valence-corrected chi connectivity index (χ1v) is 6.77. The molecule has 2 atom stereocenters. The van der Waals surface area contributed by atoms with E-state index in [1.807, 2.05) is 32.5 Å². The Hall–Kier alpha value is -0.420. The summed E-state index contributed by atoms with van der Waals surface area (Å²) < 4.78 is 5.14. The molecule has 0 radical (unpaired) electrons. The number of ether oxygens (including phenoxy) is 1. The van der Waals surface area contributed by atoms with E-state index in [9.17, 15) is 4.79 Å². The smallest absolute Gasteiger partial charge is 0.407 e. The number of carbonyl (C=O) groups is 1. The number of thioether (sulfide) groups is 1. The van der Waals surface area contributed by atoms with E-state index in [1.54, 1.807) is 0 Å². The minimum Gasteiger partial charge on any atom is -0.444 e. The van der Waals surface area contributed by atoms with Crippen molar-refractivity contribution in [3.8, 4) is 0 Å². The molecule has 1 aliphatic rings. The monoisotopic (exact) mass is 246 g/mol.